The van der Waals surface area contributed by atoms with Crippen LogP contribution in [0.2, 0.25) is 0 Å². The van der Waals surface area contributed by atoms with E-state index in [0.29, 0.717) is 11.8 Å². The molecule has 0 radical (unpaired) electrons. The van der Waals surface area contributed by atoms with Crippen molar-refractivity contribution in [2.24, 2.45) is 35.5 Å². The molecule has 4 saturated carbocycles. The fraction of sp³-hybridized carbons (Fsp3) is 0.944. The van der Waals surface area contributed by atoms with Crippen molar-refractivity contribution in [2.45, 2.75) is 64.3 Å². The van der Waals surface area contributed by atoms with Gasteiger partial charge in [-0.1, -0.05) is 13.8 Å². The van der Waals surface area contributed by atoms with Gasteiger partial charge in [0.25, 0.3) is 0 Å². The van der Waals surface area contributed by atoms with Crippen LogP contribution in [0.15, 0.2) is 0 Å². The summed E-state index contributed by atoms with van der Waals surface area (Å²) in [6.07, 6.45) is 2.53. The first kappa shape index (κ1) is 18.1. The largest absolute Gasteiger partial charge is 0.477 e. The fourth-order valence-corrected chi connectivity index (χ4v) is 5.63. The zero-order chi connectivity index (χ0) is 17.6. The molecule has 4 rings (SSSR count). The van der Waals surface area contributed by atoms with Gasteiger partial charge in [-0.15, -0.1) is 0 Å². The van der Waals surface area contributed by atoms with Gasteiger partial charge in [0.1, 0.15) is 6.10 Å². The van der Waals surface area contributed by atoms with Crippen molar-refractivity contribution in [1.82, 2.24) is 0 Å². The molecule has 0 aromatic rings. The second kappa shape index (κ2) is 6.52. The molecule has 4 aliphatic rings. The van der Waals surface area contributed by atoms with E-state index in [1.165, 1.54) is 13.5 Å². The summed E-state index contributed by atoms with van der Waals surface area (Å²) in [5, 5.41) is 9.12. The lowest BCUT2D eigenvalue weighted by Crippen LogP contribution is -2.58. The second-order valence-corrected chi connectivity index (χ2v) is 8.34. The van der Waals surface area contributed by atoms with Crippen LogP contribution in [0.1, 0.15) is 46.0 Å². The number of halogens is 2. The molecular weight excluding hydrogens is 318 g/mol. The molecule has 0 spiro atoms. The lowest BCUT2D eigenvalue weighted by atomic mass is 9.50. The Morgan fingerprint density at radius 1 is 1.08 bits per heavy atom. The molecule has 4 bridgehead atoms. The summed E-state index contributed by atoms with van der Waals surface area (Å²) in [7, 11) is 1.41. The minimum absolute atomic E-state index is 0.126. The monoisotopic (exact) mass is 346 g/mol. The number of hydrogen-bond acceptors (Lipinski definition) is 3. The number of carboxylic acid groups (broad SMARTS) is 1. The van der Waals surface area contributed by atoms with E-state index in [1.807, 2.05) is 13.8 Å². The number of carbonyl (C=O) groups is 1. The van der Waals surface area contributed by atoms with Gasteiger partial charge in [0.05, 0.1) is 0 Å². The van der Waals surface area contributed by atoms with Gasteiger partial charge in [-0.2, -0.15) is 8.78 Å². The third-order valence-electron chi connectivity index (χ3n) is 6.35. The molecular formula is C18H28F2O4. The van der Waals surface area contributed by atoms with Crippen LogP contribution < -0.4 is 0 Å². The first-order chi connectivity index (χ1) is 11.2. The maximum Gasteiger partial charge on any atom is 0.377 e. The van der Waals surface area contributed by atoms with Crippen molar-refractivity contribution in [2.75, 3.05) is 7.11 Å². The Kier molecular flexibility index (Phi) is 4.91. The van der Waals surface area contributed by atoms with Gasteiger partial charge in [0.2, 0.25) is 0 Å². The average molecular weight is 346 g/mol. The van der Waals surface area contributed by atoms with E-state index in [9.17, 15) is 13.6 Å². The Balaban J connectivity index is 1.88. The third-order valence-corrected chi connectivity index (χ3v) is 6.35. The number of ether oxygens (including phenoxy) is 2. The molecule has 0 aromatic heterocycles. The van der Waals surface area contributed by atoms with Gasteiger partial charge in [-0.25, -0.2) is 4.79 Å². The molecule has 24 heavy (non-hydrogen) atoms. The van der Waals surface area contributed by atoms with Crippen LogP contribution in [0.5, 0.6) is 0 Å². The number of hydrogen-bond donors (Lipinski definition) is 1. The van der Waals surface area contributed by atoms with Gasteiger partial charge in [0, 0.05) is 13.0 Å². The van der Waals surface area contributed by atoms with Crippen molar-refractivity contribution < 1.29 is 28.2 Å². The lowest BCUT2D eigenvalue weighted by molar-refractivity contribution is -0.269. The lowest BCUT2D eigenvalue weighted by Gasteiger charge is -2.56. The van der Waals surface area contributed by atoms with E-state index in [4.69, 9.17) is 14.6 Å². The zero-order valence-corrected chi connectivity index (χ0v) is 14.6. The van der Waals surface area contributed by atoms with Crippen LogP contribution in [-0.4, -0.2) is 36.5 Å². The molecule has 4 fully saturated rings. The Hall–Kier alpha value is -0.750. The molecule has 2 atom stereocenters. The molecule has 0 aliphatic heterocycles. The van der Waals surface area contributed by atoms with Crippen LogP contribution in [0, 0.1) is 35.5 Å². The van der Waals surface area contributed by atoms with Crippen LogP contribution in [0.25, 0.3) is 0 Å². The molecule has 1 N–H and O–H groups in total. The summed E-state index contributed by atoms with van der Waals surface area (Å²) in [5.41, 5.74) is 0. The van der Waals surface area contributed by atoms with E-state index in [0.717, 1.165) is 25.7 Å². The summed E-state index contributed by atoms with van der Waals surface area (Å²) in [6.45, 7) is 3.64. The SMILES string of the molecule is COC(OC(C1C2CC3CC(C2)CC1C3)C(F)(F)C(=O)O)C(C)C. The Morgan fingerprint density at radius 3 is 1.96 bits per heavy atom. The maximum absolute atomic E-state index is 14.6. The number of alkyl halides is 2. The molecule has 0 aromatic carbocycles. The number of carboxylic acids is 1. The van der Waals surface area contributed by atoms with Gasteiger partial charge >= 0.3 is 11.9 Å². The van der Waals surface area contributed by atoms with E-state index in [1.54, 1.807) is 0 Å². The first-order valence-electron chi connectivity index (χ1n) is 9.03. The average Bonchev–Trinajstić information content (AvgIpc) is 2.48. The van der Waals surface area contributed by atoms with Crippen LogP contribution >= 0.6 is 0 Å². The predicted octanol–water partition coefficient (Wildman–Crippen LogP) is 3.79. The molecule has 2 unspecified atom stereocenters. The Bertz CT molecular complexity index is 452. The molecule has 4 aliphatic carbocycles. The maximum atomic E-state index is 14.6. The number of methoxy groups -OCH3 is 1. The molecule has 0 saturated heterocycles. The highest BCUT2D eigenvalue weighted by atomic mass is 19.3. The quantitative estimate of drug-likeness (QED) is 0.713. The van der Waals surface area contributed by atoms with Crippen molar-refractivity contribution in [3.63, 3.8) is 0 Å². The second-order valence-electron chi connectivity index (χ2n) is 8.34. The molecule has 6 heteroatoms. The fourth-order valence-electron chi connectivity index (χ4n) is 5.63. The minimum atomic E-state index is -3.90. The first-order valence-corrected chi connectivity index (χ1v) is 9.03. The summed E-state index contributed by atoms with van der Waals surface area (Å²) in [4.78, 5) is 11.3. The molecule has 0 heterocycles. The minimum Gasteiger partial charge on any atom is -0.477 e. The van der Waals surface area contributed by atoms with Crippen molar-refractivity contribution in [3.05, 3.63) is 0 Å². The number of aliphatic carboxylic acids is 1. The number of rotatable bonds is 7. The van der Waals surface area contributed by atoms with E-state index in [-0.39, 0.29) is 23.7 Å². The Labute approximate surface area is 141 Å². The van der Waals surface area contributed by atoms with Crippen molar-refractivity contribution in [3.8, 4) is 0 Å². The van der Waals surface area contributed by atoms with Gasteiger partial charge in [-0.3, -0.25) is 0 Å². The van der Waals surface area contributed by atoms with Crippen molar-refractivity contribution >= 4 is 5.97 Å². The molecule has 0 amide bonds. The highest BCUT2D eigenvalue weighted by Crippen LogP contribution is 2.59. The van der Waals surface area contributed by atoms with Gasteiger partial charge < -0.3 is 14.6 Å². The molecule has 138 valence electrons. The highest BCUT2D eigenvalue weighted by molar-refractivity contribution is 5.76. The third kappa shape index (κ3) is 3.07. The smallest absolute Gasteiger partial charge is 0.377 e. The van der Waals surface area contributed by atoms with E-state index in [2.05, 4.69) is 0 Å². The van der Waals surface area contributed by atoms with E-state index >= 15 is 0 Å². The summed E-state index contributed by atoms with van der Waals surface area (Å²) >= 11 is 0. The summed E-state index contributed by atoms with van der Waals surface area (Å²) in [5.74, 6) is -4.94. The van der Waals surface area contributed by atoms with Gasteiger partial charge in [0.15, 0.2) is 6.29 Å². The molecule has 4 nitrogen and oxygen atoms in total. The normalized spacial score (nSPS) is 37.7. The van der Waals surface area contributed by atoms with Crippen LogP contribution in [0.3, 0.4) is 0 Å². The highest BCUT2D eigenvalue weighted by Gasteiger charge is 2.60. The van der Waals surface area contributed by atoms with Gasteiger partial charge in [-0.05, 0) is 61.7 Å². The zero-order valence-electron chi connectivity index (χ0n) is 14.6. The topological polar surface area (TPSA) is 55.8 Å². The van der Waals surface area contributed by atoms with Crippen LogP contribution in [-0.2, 0) is 14.3 Å². The van der Waals surface area contributed by atoms with Crippen LogP contribution in [0.4, 0.5) is 8.78 Å². The van der Waals surface area contributed by atoms with E-state index < -0.39 is 24.3 Å². The summed E-state index contributed by atoms with van der Waals surface area (Å²) < 4.78 is 40.1. The van der Waals surface area contributed by atoms with Crippen molar-refractivity contribution in [1.29, 1.82) is 0 Å². The standard InChI is InChI=1S/C18H28F2O4/c1-9(2)16(23-3)24-15(18(19,20)17(21)22)14-12-5-10-4-11(7-12)8-13(14)6-10/h9-16H,4-8H2,1-3H3,(H,21,22). The Morgan fingerprint density at radius 2 is 1.58 bits per heavy atom. The summed E-state index contributed by atoms with van der Waals surface area (Å²) in [6, 6.07) is 0. The predicted molar refractivity (Wildman–Crippen MR) is 83.6 cm³/mol.